The van der Waals surface area contributed by atoms with Crippen LogP contribution in [0.25, 0.3) is 0 Å². The van der Waals surface area contributed by atoms with Gasteiger partial charge in [-0.3, -0.25) is 4.79 Å². The van der Waals surface area contributed by atoms with Gasteiger partial charge in [-0.05, 0) is 13.8 Å². The molecule has 0 aliphatic rings. The first kappa shape index (κ1) is 21.6. The standard InChI is InChI=1S/C8H18O3.C2H4O2.CH4O/c1-3-9-5-7-11-8-6-10-4-2;1-2(3)4;1-2/h3-8H2,1-2H3;1H3,(H,3,4);2H,1H3. The number of hydrogen-bond donors (Lipinski definition) is 2. The van der Waals surface area contributed by atoms with Crippen LogP contribution in [0.1, 0.15) is 20.8 Å². The average Bonchev–Trinajstić information content (AvgIpc) is 2.30. The summed E-state index contributed by atoms with van der Waals surface area (Å²) in [5.74, 6) is -0.833. The van der Waals surface area contributed by atoms with Crippen LogP contribution >= 0.6 is 0 Å². The summed E-state index contributed by atoms with van der Waals surface area (Å²) in [6.45, 7) is 9.25. The number of aliphatic carboxylic acids is 1. The second-order valence-electron chi connectivity index (χ2n) is 2.53. The van der Waals surface area contributed by atoms with E-state index in [4.69, 9.17) is 29.2 Å². The summed E-state index contributed by atoms with van der Waals surface area (Å²) in [6.07, 6.45) is 0. The summed E-state index contributed by atoms with van der Waals surface area (Å²) < 4.78 is 15.3. The summed E-state index contributed by atoms with van der Waals surface area (Å²) >= 11 is 0. The third-order valence-corrected chi connectivity index (χ3v) is 1.15. The largest absolute Gasteiger partial charge is 0.481 e. The Bertz CT molecular complexity index is 117. The molecule has 106 valence electrons. The van der Waals surface area contributed by atoms with Crippen LogP contribution in [0.5, 0.6) is 0 Å². The van der Waals surface area contributed by atoms with Crippen LogP contribution < -0.4 is 0 Å². The third kappa shape index (κ3) is 50.8. The van der Waals surface area contributed by atoms with Crippen LogP contribution in [0.3, 0.4) is 0 Å². The first-order valence-corrected chi connectivity index (χ1v) is 5.52. The van der Waals surface area contributed by atoms with Gasteiger partial charge in [0, 0.05) is 27.2 Å². The van der Waals surface area contributed by atoms with Crippen LogP contribution in [0.4, 0.5) is 0 Å². The van der Waals surface area contributed by atoms with E-state index in [2.05, 4.69) is 0 Å². The summed E-state index contributed by atoms with van der Waals surface area (Å²) in [6, 6.07) is 0. The zero-order valence-electron chi connectivity index (χ0n) is 11.3. The van der Waals surface area contributed by atoms with Crippen molar-refractivity contribution in [2.75, 3.05) is 46.8 Å². The quantitative estimate of drug-likeness (QED) is 0.622. The van der Waals surface area contributed by atoms with Gasteiger partial charge in [-0.2, -0.15) is 0 Å². The minimum Gasteiger partial charge on any atom is -0.481 e. The molecule has 0 radical (unpaired) electrons. The predicted molar refractivity (Wildman–Crippen MR) is 65.3 cm³/mol. The van der Waals surface area contributed by atoms with Crippen LogP contribution in [-0.4, -0.2) is 62.9 Å². The molecule has 0 fully saturated rings. The van der Waals surface area contributed by atoms with Crippen molar-refractivity contribution in [1.29, 1.82) is 0 Å². The molecule has 0 atom stereocenters. The molecule has 0 amide bonds. The Morgan fingerprint density at radius 1 is 0.882 bits per heavy atom. The predicted octanol–water partition coefficient (Wildman–Crippen LogP) is 0.775. The molecule has 0 saturated carbocycles. The van der Waals surface area contributed by atoms with Gasteiger partial charge in [-0.15, -0.1) is 0 Å². The highest BCUT2D eigenvalue weighted by Crippen LogP contribution is 1.79. The fourth-order valence-corrected chi connectivity index (χ4v) is 0.626. The van der Waals surface area contributed by atoms with E-state index in [1.54, 1.807) is 0 Å². The molecule has 0 spiro atoms. The van der Waals surface area contributed by atoms with Gasteiger partial charge < -0.3 is 24.4 Å². The number of aliphatic hydroxyl groups is 1. The fourth-order valence-electron chi connectivity index (χ4n) is 0.626. The maximum absolute atomic E-state index is 9.00. The minimum atomic E-state index is -0.833. The number of hydrogen-bond acceptors (Lipinski definition) is 5. The van der Waals surface area contributed by atoms with Crippen molar-refractivity contribution in [3.05, 3.63) is 0 Å². The number of aliphatic hydroxyl groups excluding tert-OH is 1. The van der Waals surface area contributed by atoms with E-state index in [0.717, 1.165) is 27.2 Å². The second-order valence-corrected chi connectivity index (χ2v) is 2.53. The van der Waals surface area contributed by atoms with Crippen LogP contribution in [-0.2, 0) is 19.0 Å². The lowest BCUT2D eigenvalue weighted by atomic mass is 10.7. The SMILES string of the molecule is CC(=O)O.CCOCCOCCOCC.CO. The molecule has 6 heteroatoms. The number of rotatable bonds is 8. The van der Waals surface area contributed by atoms with Gasteiger partial charge >= 0.3 is 0 Å². The molecule has 17 heavy (non-hydrogen) atoms. The average molecular weight is 254 g/mol. The number of ether oxygens (including phenoxy) is 3. The van der Waals surface area contributed by atoms with Gasteiger partial charge in [-0.1, -0.05) is 0 Å². The maximum Gasteiger partial charge on any atom is 0.300 e. The van der Waals surface area contributed by atoms with Gasteiger partial charge in [-0.25, -0.2) is 0 Å². The highest BCUT2D eigenvalue weighted by molar-refractivity contribution is 5.62. The van der Waals surface area contributed by atoms with Gasteiger partial charge in [0.15, 0.2) is 0 Å². The van der Waals surface area contributed by atoms with Crippen molar-refractivity contribution < 1.29 is 29.2 Å². The number of carboxylic acid groups (broad SMARTS) is 1. The molecule has 0 aromatic rings. The van der Waals surface area contributed by atoms with E-state index in [1.165, 1.54) is 0 Å². The maximum atomic E-state index is 9.00. The van der Waals surface area contributed by atoms with Gasteiger partial charge in [0.1, 0.15) is 0 Å². The molecule has 0 saturated heterocycles. The number of carboxylic acids is 1. The topological polar surface area (TPSA) is 85.2 Å². The molecule has 0 aliphatic heterocycles. The lowest BCUT2D eigenvalue weighted by Crippen LogP contribution is -2.08. The van der Waals surface area contributed by atoms with E-state index in [1.807, 2.05) is 13.8 Å². The molecule has 0 aromatic carbocycles. The van der Waals surface area contributed by atoms with Crippen molar-refractivity contribution in [2.45, 2.75) is 20.8 Å². The van der Waals surface area contributed by atoms with E-state index >= 15 is 0 Å². The first-order chi connectivity index (χ1) is 8.15. The molecular formula is C11H26O6. The van der Waals surface area contributed by atoms with Crippen molar-refractivity contribution in [3.8, 4) is 0 Å². The molecule has 0 aromatic heterocycles. The van der Waals surface area contributed by atoms with Crippen LogP contribution in [0.2, 0.25) is 0 Å². The third-order valence-electron chi connectivity index (χ3n) is 1.15. The smallest absolute Gasteiger partial charge is 0.300 e. The van der Waals surface area contributed by atoms with E-state index in [-0.39, 0.29) is 0 Å². The Morgan fingerprint density at radius 3 is 1.35 bits per heavy atom. The highest BCUT2D eigenvalue weighted by Gasteiger charge is 1.87. The summed E-state index contributed by atoms with van der Waals surface area (Å²) in [4.78, 5) is 9.00. The molecule has 0 rings (SSSR count). The van der Waals surface area contributed by atoms with Gasteiger partial charge in [0.25, 0.3) is 5.97 Å². The minimum absolute atomic E-state index is 0.668. The lowest BCUT2D eigenvalue weighted by Gasteiger charge is -2.03. The molecular weight excluding hydrogens is 228 g/mol. The van der Waals surface area contributed by atoms with Crippen molar-refractivity contribution in [1.82, 2.24) is 0 Å². The monoisotopic (exact) mass is 254 g/mol. The van der Waals surface area contributed by atoms with E-state index in [9.17, 15) is 0 Å². The Labute approximate surface area is 103 Å². The summed E-state index contributed by atoms with van der Waals surface area (Å²) in [5, 5.41) is 14.4. The Morgan fingerprint density at radius 2 is 1.12 bits per heavy atom. The second kappa shape index (κ2) is 24.5. The molecule has 0 bridgehead atoms. The van der Waals surface area contributed by atoms with Crippen LogP contribution in [0, 0.1) is 0 Å². The summed E-state index contributed by atoms with van der Waals surface area (Å²) in [5.41, 5.74) is 0. The molecule has 2 N–H and O–H groups in total. The van der Waals surface area contributed by atoms with Gasteiger partial charge in [0.2, 0.25) is 0 Å². The normalized spacial score (nSPS) is 8.53. The lowest BCUT2D eigenvalue weighted by molar-refractivity contribution is -0.134. The molecule has 0 unspecified atom stereocenters. The molecule has 6 nitrogen and oxygen atoms in total. The highest BCUT2D eigenvalue weighted by atomic mass is 16.5. The van der Waals surface area contributed by atoms with E-state index in [0.29, 0.717) is 26.4 Å². The van der Waals surface area contributed by atoms with Crippen molar-refractivity contribution >= 4 is 5.97 Å². The van der Waals surface area contributed by atoms with E-state index < -0.39 is 5.97 Å². The zero-order chi connectivity index (χ0) is 13.9. The number of carbonyl (C=O) groups is 1. The Hall–Kier alpha value is -0.690. The molecule has 0 heterocycles. The first-order valence-electron chi connectivity index (χ1n) is 5.52. The van der Waals surface area contributed by atoms with Crippen LogP contribution in [0.15, 0.2) is 0 Å². The Kier molecular flexibility index (Phi) is 31.1. The molecule has 0 aliphatic carbocycles. The van der Waals surface area contributed by atoms with Gasteiger partial charge in [0.05, 0.1) is 26.4 Å². The Balaban J connectivity index is -0.000000275. The summed E-state index contributed by atoms with van der Waals surface area (Å²) in [7, 11) is 1.00. The zero-order valence-corrected chi connectivity index (χ0v) is 11.3. The van der Waals surface area contributed by atoms with Crippen molar-refractivity contribution in [3.63, 3.8) is 0 Å². The fraction of sp³-hybridized carbons (Fsp3) is 0.909. The van der Waals surface area contributed by atoms with Crippen molar-refractivity contribution in [2.24, 2.45) is 0 Å².